The molecule has 13 aromatic rings. The summed E-state index contributed by atoms with van der Waals surface area (Å²) in [6.45, 7) is 0. The molecule has 0 radical (unpaired) electrons. The van der Waals surface area contributed by atoms with Gasteiger partial charge in [-0.25, -0.2) is 15.0 Å². The van der Waals surface area contributed by atoms with Crippen LogP contribution in [-0.4, -0.2) is 24.1 Å². The number of aromatic nitrogens is 5. The minimum atomic E-state index is 0.477. The van der Waals surface area contributed by atoms with Gasteiger partial charge in [-0.2, -0.15) is 15.8 Å². The Kier molecular flexibility index (Phi) is 10.5. The molecule has 0 bridgehead atoms. The lowest BCUT2D eigenvalue weighted by Gasteiger charge is -2.19. The first kappa shape index (κ1) is 43.3. The van der Waals surface area contributed by atoms with E-state index in [1.807, 2.05) is 127 Å². The molecule has 0 amide bonds. The third-order valence-electron chi connectivity index (χ3n) is 13.9. The third kappa shape index (κ3) is 7.42. The lowest BCUT2D eigenvalue weighted by Crippen LogP contribution is -2.04. The van der Waals surface area contributed by atoms with Crippen molar-refractivity contribution in [1.29, 1.82) is 15.8 Å². The molecule has 0 saturated carbocycles. The van der Waals surface area contributed by atoms with Gasteiger partial charge in [-0.05, 0) is 125 Å². The fourth-order valence-corrected chi connectivity index (χ4v) is 10.4. The average molecular weight is 943 g/mol. The number of fused-ring (bicyclic) bond motifs is 6. The van der Waals surface area contributed by atoms with Crippen LogP contribution in [0.25, 0.3) is 123 Å². The van der Waals surface area contributed by atoms with Crippen molar-refractivity contribution in [3.63, 3.8) is 0 Å². The fourth-order valence-electron chi connectivity index (χ4n) is 10.4. The number of rotatable bonds is 8. The van der Waals surface area contributed by atoms with Crippen molar-refractivity contribution in [2.45, 2.75) is 0 Å². The molecule has 3 aromatic heterocycles. The monoisotopic (exact) mass is 942 g/mol. The zero-order valence-corrected chi connectivity index (χ0v) is 39.5. The summed E-state index contributed by atoms with van der Waals surface area (Å²) in [5, 5.41) is 34.5. The second kappa shape index (κ2) is 17.9. The molecule has 0 spiro atoms. The summed E-state index contributed by atoms with van der Waals surface area (Å²) in [6.07, 6.45) is 0. The van der Waals surface area contributed by atoms with Gasteiger partial charge in [0, 0.05) is 49.5 Å². The molecule has 0 N–H and O–H groups in total. The van der Waals surface area contributed by atoms with E-state index in [9.17, 15) is 15.8 Å². The van der Waals surface area contributed by atoms with Gasteiger partial charge in [-0.3, -0.25) is 0 Å². The zero-order chi connectivity index (χ0) is 49.7. The molecular weight excluding hydrogens is 905 g/mol. The van der Waals surface area contributed by atoms with Gasteiger partial charge < -0.3 is 9.13 Å². The number of nitriles is 3. The molecule has 3 heterocycles. The summed E-state index contributed by atoms with van der Waals surface area (Å²) in [4.78, 5) is 15.6. The molecule has 74 heavy (non-hydrogen) atoms. The van der Waals surface area contributed by atoms with Crippen LogP contribution >= 0.6 is 0 Å². The van der Waals surface area contributed by atoms with Gasteiger partial charge in [-0.1, -0.05) is 133 Å². The van der Waals surface area contributed by atoms with Gasteiger partial charge in [0.15, 0.2) is 17.5 Å². The van der Waals surface area contributed by atoms with Gasteiger partial charge in [0.1, 0.15) is 0 Å². The molecule has 0 fully saturated rings. The highest BCUT2D eigenvalue weighted by Gasteiger charge is 2.23. The second-order valence-electron chi connectivity index (χ2n) is 18.2. The van der Waals surface area contributed by atoms with Gasteiger partial charge in [0.2, 0.25) is 0 Å². The lowest BCUT2D eigenvalue weighted by atomic mass is 9.94. The molecule has 0 unspecified atom stereocenters. The van der Waals surface area contributed by atoms with Crippen LogP contribution in [0, 0.1) is 34.0 Å². The Hall–Kier alpha value is -10.7. The van der Waals surface area contributed by atoms with E-state index in [2.05, 4.69) is 130 Å². The highest BCUT2D eigenvalue weighted by molar-refractivity contribution is 6.12. The summed E-state index contributed by atoms with van der Waals surface area (Å²) in [6, 6.07) is 84.5. The Labute approximate surface area is 425 Å². The SMILES string of the molecule is N#Cc1cccc(-c2ccc3c(c2)c2ccccc2n3-c2ccc(-c3nc(-c4ccccc4)nc(-c4ccccc4)n3)c(-c3cc(C#N)ccc3-n3c4ccccc4c4cc(-c5cccc(C#N)c5)ccc43)c2)c1. The Morgan fingerprint density at radius 3 is 1.31 bits per heavy atom. The summed E-state index contributed by atoms with van der Waals surface area (Å²) in [5.74, 6) is 1.55. The molecule has 0 atom stereocenters. The van der Waals surface area contributed by atoms with E-state index in [1.165, 1.54) is 0 Å². The molecule has 342 valence electrons. The Balaban J connectivity index is 1.10. The first-order valence-corrected chi connectivity index (χ1v) is 24.2. The predicted octanol–water partition coefficient (Wildman–Crippen LogP) is 15.7. The Morgan fingerprint density at radius 1 is 0.284 bits per heavy atom. The Bertz CT molecular complexity index is 4470. The van der Waals surface area contributed by atoms with Crippen LogP contribution in [0.5, 0.6) is 0 Å². The van der Waals surface area contributed by atoms with Crippen molar-refractivity contribution < 1.29 is 0 Å². The minimum Gasteiger partial charge on any atom is -0.309 e. The average Bonchev–Trinajstić information content (AvgIpc) is 4.01. The van der Waals surface area contributed by atoms with Crippen molar-refractivity contribution in [3.8, 4) is 97.1 Å². The van der Waals surface area contributed by atoms with E-state index in [0.29, 0.717) is 34.2 Å². The first-order valence-electron chi connectivity index (χ1n) is 24.2. The van der Waals surface area contributed by atoms with E-state index in [0.717, 1.165) is 105 Å². The van der Waals surface area contributed by atoms with E-state index >= 15 is 0 Å². The number of hydrogen-bond donors (Lipinski definition) is 0. The highest BCUT2D eigenvalue weighted by Crippen LogP contribution is 2.43. The highest BCUT2D eigenvalue weighted by atomic mass is 15.0. The van der Waals surface area contributed by atoms with Crippen molar-refractivity contribution in [2.75, 3.05) is 0 Å². The van der Waals surface area contributed by atoms with Crippen LogP contribution in [0.4, 0.5) is 0 Å². The first-order chi connectivity index (χ1) is 36.5. The maximum atomic E-state index is 10.7. The van der Waals surface area contributed by atoms with Crippen LogP contribution < -0.4 is 0 Å². The van der Waals surface area contributed by atoms with E-state index in [1.54, 1.807) is 0 Å². The summed E-state index contributed by atoms with van der Waals surface area (Å²) in [7, 11) is 0. The topological polar surface area (TPSA) is 120 Å². The zero-order valence-electron chi connectivity index (χ0n) is 39.5. The number of para-hydroxylation sites is 2. The van der Waals surface area contributed by atoms with E-state index in [4.69, 9.17) is 15.0 Å². The summed E-state index contributed by atoms with van der Waals surface area (Å²) in [5.41, 5.74) is 15.5. The van der Waals surface area contributed by atoms with Crippen LogP contribution in [0.1, 0.15) is 16.7 Å². The summed E-state index contributed by atoms with van der Waals surface area (Å²) >= 11 is 0. The Morgan fingerprint density at radius 2 is 0.743 bits per heavy atom. The van der Waals surface area contributed by atoms with Crippen LogP contribution in [0.3, 0.4) is 0 Å². The molecular formula is C66H38N8. The maximum Gasteiger partial charge on any atom is 0.164 e. The van der Waals surface area contributed by atoms with Crippen LogP contribution in [0.2, 0.25) is 0 Å². The molecule has 0 saturated heterocycles. The third-order valence-corrected chi connectivity index (χ3v) is 13.9. The quantitative estimate of drug-likeness (QED) is 0.150. The van der Waals surface area contributed by atoms with Gasteiger partial charge in [0.05, 0.1) is 62.7 Å². The number of hydrogen-bond acceptors (Lipinski definition) is 6. The number of nitrogens with zero attached hydrogens (tertiary/aromatic N) is 8. The maximum absolute atomic E-state index is 10.7. The standard InChI is InChI=1S/C66H38N8/c67-39-42-13-11-19-47(33-42)49-26-31-61-57(36-49)52-21-7-9-23-59(52)73(61)51-28-29-54(66-71-64(45-15-3-1-4-16-45)70-65(72-66)46-17-5-2-6-18-46)55(38-51)56-35-44(41-69)25-30-62(56)74-60-24-10-8-22-53(60)58-37-50(27-32-63(58)74)48-20-12-14-43(34-48)40-68/h1-38H. The van der Waals surface area contributed by atoms with Crippen LogP contribution in [0.15, 0.2) is 231 Å². The molecule has 8 heteroatoms. The molecule has 0 aliphatic heterocycles. The van der Waals surface area contributed by atoms with Gasteiger partial charge in [0.25, 0.3) is 0 Å². The predicted molar refractivity (Wildman–Crippen MR) is 295 cm³/mol. The normalized spacial score (nSPS) is 11.2. The second-order valence-corrected chi connectivity index (χ2v) is 18.2. The van der Waals surface area contributed by atoms with Crippen molar-refractivity contribution in [2.24, 2.45) is 0 Å². The fraction of sp³-hybridized carbons (Fsp3) is 0. The van der Waals surface area contributed by atoms with Gasteiger partial charge in [-0.15, -0.1) is 0 Å². The van der Waals surface area contributed by atoms with Crippen molar-refractivity contribution >= 4 is 43.6 Å². The molecule has 10 aromatic carbocycles. The van der Waals surface area contributed by atoms with Gasteiger partial charge >= 0.3 is 0 Å². The molecule has 0 aliphatic carbocycles. The van der Waals surface area contributed by atoms with Crippen molar-refractivity contribution in [1.82, 2.24) is 24.1 Å². The molecule has 13 rings (SSSR count). The number of benzene rings is 10. The van der Waals surface area contributed by atoms with Crippen LogP contribution in [-0.2, 0) is 0 Å². The molecule has 8 nitrogen and oxygen atoms in total. The minimum absolute atomic E-state index is 0.477. The smallest absolute Gasteiger partial charge is 0.164 e. The van der Waals surface area contributed by atoms with E-state index < -0.39 is 0 Å². The largest absolute Gasteiger partial charge is 0.309 e. The van der Waals surface area contributed by atoms with Crippen molar-refractivity contribution in [3.05, 3.63) is 247 Å². The molecule has 0 aliphatic rings. The lowest BCUT2D eigenvalue weighted by molar-refractivity contribution is 1.07. The van der Waals surface area contributed by atoms with E-state index in [-0.39, 0.29) is 0 Å². The summed E-state index contributed by atoms with van der Waals surface area (Å²) < 4.78 is 4.58.